The number of benzene rings is 1. The Bertz CT molecular complexity index is 1370. The molecule has 0 spiro atoms. The fourth-order valence-electron chi connectivity index (χ4n) is 3.98. The summed E-state index contributed by atoms with van der Waals surface area (Å²) in [5, 5.41) is 13.7. The van der Waals surface area contributed by atoms with Crippen LogP contribution in [0.4, 0.5) is 5.00 Å². The van der Waals surface area contributed by atoms with E-state index in [1.807, 2.05) is 6.07 Å². The predicted octanol–water partition coefficient (Wildman–Crippen LogP) is 7.16. The molecule has 0 aliphatic heterocycles. The Balaban J connectivity index is 1.60. The zero-order chi connectivity index (χ0) is 25.1. The summed E-state index contributed by atoms with van der Waals surface area (Å²) in [5.74, 6) is 0.180. The number of nitrogens with one attached hydrogen (secondary N) is 1. The fraction of sp³-hybridized carbons (Fsp3) is 0.269. The molecule has 35 heavy (non-hydrogen) atoms. The highest BCUT2D eigenvalue weighted by Gasteiger charge is 2.29. The first-order valence-electron chi connectivity index (χ1n) is 11.1. The normalized spacial score (nSPS) is 15.3. The monoisotopic (exact) mass is 528 g/mol. The summed E-state index contributed by atoms with van der Waals surface area (Å²) in [5.41, 5.74) is 1.79. The van der Waals surface area contributed by atoms with E-state index in [1.54, 1.807) is 37.3 Å². The molecule has 180 valence electrons. The van der Waals surface area contributed by atoms with Crippen molar-refractivity contribution < 1.29 is 18.7 Å². The number of nitrogens with zero attached hydrogens (tertiary/aromatic N) is 1. The minimum atomic E-state index is -0.632. The lowest BCUT2D eigenvalue weighted by molar-refractivity contribution is -0.112. The number of carbonyl (C=O) groups excluding carboxylic acids is 2. The summed E-state index contributed by atoms with van der Waals surface area (Å²) in [6.45, 7) is 4.13. The molecule has 1 amide bonds. The largest absolute Gasteiger partial charge is 0.462 e. The van der Waals surface area contributed by atoms with Crippen LogP contribution >= 0.6 is 34.5 Å². The first-order chi connectivity index (χ1) is 16.8. The summed E-state index contributed by atoms with van der Waals surface area (Å²) in [6, 6.07) is 10.3. The van der Waals surface area contributed by atoms with Gasteiger partial charge in [0.05, 0.1) is 17.2 Å². The highest BCUT2D eigenvalue weighted by Crippen LogP contribution is 2.40. The van der Waals surface area contributed by atoms with E-state index in [0.29, 0.717) is 43.6 Å². The number of halogens is 2. The smallest absolute Gasteiger partial charge is 0.341 e. The fourth-order valence-corrected chi connectivity index (χ4v) is 5.88. The lowest BCUT2D eigenvalue weighted by Gasteiger charge is -2.18. The van der Waals surface area contributed by atoms with Crippen LogP contribution in [0.1, 0.15) is 46.8 Å². The van der Waals surface area contributed by atoms with Crippen LogP contribution in [-0.2, 0) is 22.4 Å². The number of furan rings is 1. The number of fused-ring (bicyclic) bond motifs is 1. The summed E-state index contributed by atoms with van der Waals surface area (Å²) >= 11 is 13.6. The number of amides is 1. The topological polar surface area (TPSA) is 92.3 Å². The molecule has 6 nitrogen and oxygen atoms in total. The van der Waals surface area contributed by atoms with Gasteiger partial charge in [-0.05, 0) is 68.0 Å². The molecule has 2 aromatic heterocycles. The van der Waals surface area contributed by atoms with Gasteiger partial charge in [-0.1, -0.05) is 30.1 Å². The standard InChI is InChI=1S/C26H22Cl2N2O4S/c1-3-33-26(32)23-19-7-4-14(2)10-22(19)35-25(23)30-24(31)15(13-29)11-17-6-9-21(34-17)18-8-5-16(27)12-20(18)28/h5-6,8-9,11-12,14H,3-4,7,10H2,1-2H3,(H,30,31)/b15-11+/t14-/m1/s1. The van der Waals surface area contributed by atoms with Crippen molar-refractivity contribution in [2.45, 2.75) is 33.1 Å². The van der Waals surface area contributed by atoms with E-state index >= 15 is 0 Å². The Kier molecular flexibility index (Phi) is 7.66. The second-order valence-electron chi connectivity index (χ2n) is 8.23. The van der Waals surface area contributed by atoms with Gasteiger partial charge in [0.2, 0.25) is 0 Å². The van der Waals surface area contributed by atoms with Crippen molar-refractivity contribution in [2.24, 2.45) is 5.92 Å². The Morgan fingerprint density at radius 2 is 2.11 bits per heavy atom. The number of anilines is 1. The van der Waals surface area contributed by atoms with Gasteiger partial charge >= 0.3 is 5.97 Å². The van der Waals surface area contributed by atoms with E-state index < -0.39 is 11.9 Å². The van der Waals surface area contributed by atoms with Gasteiger partial charge in [0, 0.05) is 21.5 Å². The Morgan fingerprint density at radius 1 is 1.31 bits per heavy atom. The van der Waals surface area contributed by atoms with Gasteiger partial charge in [-0.2, -0.15) is 5.26 Å². The van der Waals surface area contributed by atoms with Crippen LogP contribution in [0.15, 0.2) is 40.3 Å². The molecule has 0 bridgehead atoms. The van der Waals surface area contributed by atoms with Crippen LogP contribution in [0.2, 0.25) is 10.0 Å². The molecule has 4 rings (SSSR count). The molecule has 0 radical (unpaired) electrons. The predicted molar refractivity (Wildman–Crippen MR) is 138 cm³/mol. The molecule has 1 atom stereocenters. The minimum absolute atomic E-state index is 0.164. The molecule has 0 saturated heterocycles. The molecule has 1 N–H and O–H groups in total. The van der Waals surface area contributed by atoms with Gasteiger partial charge in [0.15, 0.2) is 0 Å². The molecular formula is C26H22Cl2N2O4S. The summed E-state index contributed by atoms with van der Waals surface area (Å²) in [6.07, 6.45) is 3.90. The van der Waals surface area contributed by atoms with Gasteiger partial charge < -0.3 is 14.5 Å². The molecule has 2 heterocycles. The number of nitriles is 1. The third kappa shape index (κ3) is 5.46. The number of esters is 1. The van der Waals surface area contributed by atoms with E-state index in [-0.39, 0.29) is 12.2 Å². The third-order valence-electron chi connectivity index (χ3n) is 5.69. The number of carbonyl (C=O) groups is 2. The molecule has 0 fully saturated rings. The molecule has 1 aliphatic carbocycles. The van der Waals surface area contributed by atoms with Crippen molar-refractivity contribution in [1.82, 2.24) is 0 Å². The SMILES string of the molecule is CCOC(=O)c1c(NC(=O)/C(C#N)=C/c2ccc(-c3ccc(Cl)cc3Cl)o2)sc2c1CC[C@@H](C)C2. The van der Waals surface area contributed by atoms with Gasteiger partial charge in [0.25, 0.3) is 5.91 Å². The van der Waals surface area contributed by atoms with Gasteiger partial charge in [-0.3, -0.25) is 4.79 Å². The van der Waals surface area contributed by atoms with Gasteiger partial charge in [0.1, 0.15) is 28.2 Å². The van der Waals surface area contributed by atoms with Crippen molar-refractivity contribution in [2.75, 3.05) is 11.9 Å². The molecule has 9 heteroatoms. The van der Waals surface area contributed by atoms with E-state index in [9.17, 15) is 14.9 Å². The van der Waals surface area contributed by atoms with Crippen molar-refractivity contribution in [1.29, 1.82) is 5.26 Å². The highest BCUT2D eigenvalue weighted by molar-refractivity contribution is 7.17. The lowest BCUT2D eigenvalue weighted by atomic mass is 9.88. The zero-order valence-electron chi connectivity index (χ0n) is 19.1. The number of hydrogen-bond acceptors (Lipinski definition) is 6. The molecule has 0 unspecified atom stereocenters. The Labute approximate surface area is 217 Å². The van der Waals surface area contributed by atoms with Crippen LogP contribution in [0, 0.1) is 17.2 Å². The Hall–Kier alpha value is -3.05. The molecule has 1 aromatic carbocycles. The zero-order valence-corrected chi connectivity index (χ0v) is 21.4. The van der Waals surface area contributed by atoms with E-state index in [1.165, 1.54) is 17.4 Å². The van der Waals surface area contributed by atoms with Gasteiger partial charge in [-0.15, -0.1) is 11.3 Å². The quantitative estimate of drug-likeness (QED) is 0.208. The first kappa shape index (κ1) is 25.1. The number of thiophene rings is 1. The lowest BCUT2D eigenvalue weighted by Crippen LogP contribution is -2.17. The Morgan fingerprint density at radius 3 is 2.83 bits per heavy atom. The van der Waals surface area contributed by atoms with E-state index in [2.05, 4.69) is 12.2 Å². The number of rotatable bonds is 6. The maximum atomic E-state index is 13.0. The molecule has 1 aliphatic rings. The van der Waals surface area contributed by atoms with E-state index in [0.717, 1.165) is 29.7 Å². The van der Waals surface area contributed by atoms with Crippen LogP contribution in [0.25, 0.3) is 17.4 Å². The number of ether oxygens (including phenoxy) is 1. The van der Waals surface area contributed by atoms with Crippen LogP contribution in [0.3, 0.4) is 0 Å². The van der Waals surface area contributed by atoms with Crippen LogP contribution in [0.5, 0.6) is 0 Å². The third-order valence-corrected chi connectivity index (χ3v) is 7.41. The van der Waals surface area contributed by atoms with Crippen LogP contribution < -0.4 is 5.32 Å². The number of hydrogen-bond donors (Lipinski definition) is 1. The van der Waals surface area contributed by atoms with Gasteiger partial charge in [-0.25, -0.2) is 4.79 Å². The summed E-state index contributed by atoms with van der Waals surface area (Å²) in [4.78, 5) is 26.8. The molecule has 3 aromatic rings. The first-order valence-corrected chi connectivity index (χ1v) is 12.7. The molecular weight excluding hydrogens is 507 g/mol. The molecule has 0 saturated carbocycles. The average molecular weight is 529 g/mol. The second-order valence-corrected chi connectivity index (χ2v) is 10.2. The van der Waals surface area contributed by atoms with Crippen molar-refractivity contribution in [3.8, 4) is 17.4 Å². The van der Waals surface area contributed by atoms with Crippen LogP contribution in [-0.4, -0.2) is 18.5 Å². The van der Waals surface area contributed by atoms with Crippen molar-refractivity contribution >= 4 is 57.5 Å². The maximum absolute atomic E-state index is 13.0. The summed E-state index contributed by atoms with van der Waals surface area (Å²) < 4.78 is 11.0. The highest BCUT2D eigenvalue weighted by atomic mass is 35.5. The van der Waals surface area contributed by atoms with E-state index in [4.69, 9.17) is 32.4 Å². The van der Waals surface area contributed by atoms with Crippen molar-refractivity contribution in [3.63, 3.8) is 0 Å². The maximum Gasteiger partial charge on any atom is 0.341 e. The second kappa shape index (κ2) is 10.7. The minimum Gasteiger partial charge on any atom is -0.462 e. The average Bonchev–Trinajstić information content (AvgIpc) is 3.41. The summed E-state index contributed by atoms with van der Waals surface area (Å²) in [7, 11) is 0. The van der Waals surface area contributed by atoms with Crippen molar-refractivity contribution in [3.05, 3.63) is 67.7 Å².